The van der Waals surface area contributed by atoms with Gasteiger partial charge in [-0.25, -0.2) is 0 Å². The molecule has 0 spiro atoms. The molecule has 0 N–H and O–H groups in total. The average molecular weight is 313 g/mol. The van der Waals surface area contributed by atoms with E-state index >= 15 is 0 Å². The summed E-state index contributed by atoms with van der Waals surface area (Å²) in [6, 6.07) is 0. The summed E-state index contributed by atoms with van der Waals surface area (Å²) in [5.41, 5.74) is 0. The molecule has 128 valence electrons. The van der Waals surface area contributed by atoms with Crippen molar-refractivity contribution >= 4 is 0 Å². The lowest BCUT2D eigenvalue weighted by Gasteiger charge is -2.52. The highest BCUT2D eigenvalue weighted by Gasteiger charge is 2.65. The molecule has 4 bridgehead atoms. The molecule has 0 radical (unpaired) electrons. The van der Waals surface area contributed by atoms with Crippen LogP contribution < -0.4 is 0 Å². The number of hydrogen-bond acceptors (Lipinski definition) is 0. The first-order chi connectivity index (χ1) is 11.4. The lowest BCUT2D eigenvalue weighted by atomic mass is 9.52. The molecule has 0 aliphatic heterocycles. The number of fused-ring (bicyclic) bond motifs is 13. The molecule has 0 saturated heterocycles. The highest BCUT2D eigenvalue weighted by atomic mass is 14.7. The zero-order valence-corrected chi connectivity index (χ0v) is 15.5. The lowest BCUT2D eigenvalue weighted by Crippen LogP contribution is -2.47. The minimum atomic E-state index is 0.990. The Balaban J connectivity index is 0.000000587. The predicted molar refractivity (Wildman–Crippen MR) is 96.9 cm³/mol. The van der Waals surface area contributed by atoms with Crippen LogP contribution in [0.25, 0.3) is 0 Å². The van der Waals surface area contributed by atoms with E-state index in [-0.39, 0.29) is 0 Å². The van der Waals surface area contributed by atoms with Crippen molar-refractivity contribution in [1.82, 2.24) is 0 Å². The van der Waals surface area contributed by atoms with Crippen LogP contribution in [0.3, 0.4) is 0 Å². The van der Waals surface area contributed by atoms with Crippen LogP contribution in [0.2, 0.25) is 0 Å². The van der Waals surface area contributed by atoms with E-state index in [2.05, 4.69) is 19.1 Å². The van der Waals surface area contributed by atoms with E-state index in [4.69, 9.17) is 0 Å². The van der Waals surface area contributed by atoms with Crippen LogP contribution in [-0.2, 0) is 0 Å². The summed E-state index contributed by atoms with van der Waals surface area (Å²) in [5, 5.41) is 0. The van der Waals surface area contributed by atoms with Gasteiger partial charge in [-0.15, -0.1) is 0 Å². The molecule has 6 aliphatic carbocycles. The molecule has 0 aromatic rings. The van der Waals surface area contributed by atoms with Crippen molar-refractivity contribution in [2.45, 2.75) is 65.7 Å². The number of rotatable bonds is 1. The fraction of sp³-hybridized carbons (Fsp3) is 0.913. The predicted octanol–water partition coefficient (Wildman–Crippen LogP) is 6.18. The Labute approximate surface area is 143 Å². The average Bonchev–Trinajstić information content (AvgIpc) is 3.37. The first kappa shape index (κ1) is 15.0. The van der Waals surface area contributed by atoms with Gasteiger partial charge in [-0.1, -0.05) is 45.8 Å². The van der Waals surface area contributed by atoms with Crippen LogP contribution in [-0.4, -0.2) is 0 Å². The fourth-order valence-corrected chi connectivity index (χ4v) is 9.29. The van der Waals surface area contributed by atoms with Crippen LogP contribution in [0.1, 0.15) is 65.7 Å². The third-order valence-corrected chi connectivity index (χ3v) is 9.50. The van der Waals surface area contributed by atoms with E-state index < -0.39 is 0 Å². The number of hydrogen-bond donors (Lipinski definition) is 0. The summed E-state index contributed by atoms with van der Waals surface area (Å²) in [7, 11) is 0. The van der Waals surface area contributed by atoms with E-state index in [1.54, 1.807) is 32.1 Å². The summed E-state index contributed by atoms with van der Waals surface area (Å²) in [5.74, 6) is 12.3. The molecule has 5 fully saturated rings. The fourth-order valence-electron chi connectivity index (χ4n) is 9.29. The highest BCUT2D eigenvalue weighted by molar-refractivity contribution is 5.20. The SMILES string of the molecule is CC.CCC1C2C3C=CC(C3)C2CC2C3CC(C4CCCC43)C21. The summed E-state index contributed by atoms with van der Waals surface area (Å²) < 4.78 is 0. The van der Waals surface area contributed by atoms with Crippen molar-refractivity contribution in [3.05, 3.63) is 12.2 Å². The van der Waals surface area contributed by atoms with Crippen molar-refractivity contribution in [2.75, 3.05) is 0 Å². The van der Waals surface area contributed by atoms with Crippen LogP contribution in [0.15, 0.2) is 12.2 Å². The van der Waals surface area contributed by atoms with Crippen molar-refractivity contribution in [3.63, 3.8) is 0 Å². The van der Waals surface area contributed by atoms with Gasteiger partial charge in [0.1, 0.15) is 0 Å². The quantitative estimate of drug-likeness (QED) is 0.507. The molecule has 0 amide bonds. The molecule has 0 aromatic carbocycles. The third-order valence-electron chi connectivity index (χ3n) is 9.50. The van der Waals surface area contributed by atoms with Crippen molar-refractivity contribution in [1.29, 1.82) is 0 Å². The second kappa shape index (κ2) is 5.37. The smallest absolute Gasteiger partial charge is 0.0194 e. The molecule has 0 heteroatoms. The van der Waals surface area contributed by atoms with Gasteiger partial charge in [0.05, 0.1) is 0 Å². The highest BCUT2D eigenvalue weighted by Crippen LogP contribution is 2.72. The molecule has 6 rings (SSSR count). The number of allylic oxidation sites excluding steroid dienone is 2. The lowest BCUT2D eigenvalue weighted by molar-refractivity contribution is -0.0345. The molecule has 11 unspecified atom stereocenters. The summed E-state index contributed by atoms with van der Waals surface area (Å²) >= 11 is 0. The van der Waals surface area contributed by atoms with Crippen LogP contribution in [0.5, 0.6) is 0 Å². The van der Waals surface area contributed by atoms with Gasteiger partial charge in [0.2, 0.25) is 0 Å². The summed E-state index contributed by atoms with van der Waals surface area (Å²) in [6.45, 7) is 6.53. The maximum atomic E-state index is 2.63. The third kappa shape index (κ3) is 1.79. The van der Waals surface area contributed by atoms with E-state index in [0.29, 0.717) is 0 Å². The first-order valence-corrected chi connectivity index (χ1v) is 11.0. The molecule has 23 heavy (non-hydrogen) atoms. The largest absolute Gasteiger partial charge is 0.0848 e. The zero-order valence-electron chi connectivity index (χ0n) is 15.5. The van der Waals surface area contributed by atoms with Crippen molar-refractivity contribution in [2.24, 2.45) is 65.1 Å². The van der Waals surface area contributed by atoms with Gasteiger partial charge in [-0.2, -0.15) is 0 Å². The van der Waals surface area contributed by atoms with Crippen molar-refractivity contribution < 1.29 is 0 Å². The topological polar surface area (TPSA) is 0 Å². The maximum Gasteiger partial charge on any atom is -0.0194 e. The van der Waals surface area contributed by atoms with Gasteiger partial charge in [0.15, 0.2) is 0 Å². The first-order valence-electron chi connectivity index (χ1n) is 11.0. The minimum absolute atomic E-state index is 0.990. The summed E-state index contributed by atoms with van der Waals surface area (Å²) in [6.07, 6.45) is 16.3. The molecule has 5 saturated carbocycles. The van der Waals surface area contributed by atoms with Crippen molar-refractivity contribution in [3.8, 4) is 0 Å². The van der Waals surface area contributed by atoms with Gasteiger partial charge < -0.3 is 0 Å². The summed E-state index contributed by atoms with van der Waals surface area (Å²) in [4.78, 5) is 0. The maximum absolute atomic E-state index is 2.63. The molecular formula is C23H36. The molecule has 0 heterocycles. The van der Waals surface area contributed by atoms with Crippen LogP contribution in [0.4, 0.5) is 0 Å². The minimum Gasteiger partial charge on any atom is -0.0848 e. The second-order valence-corrected chi connectivity index (χ2v) is 9.56. The Hall–Kier alpha value is -0.260. The normalized spacial score (nSPS) is 60.2. The van der Waals surface area contributed by atoms with Gasteiger partial charge in [0.25, 0.3) is 0 Å². The van der Waals surface area contributed by atoms with E-state index in [1.165, 1.54) is 36.5 Å². The molecule has 0 aromatic heterocycles. The molecule has 0 nitrogen and oxygen atoms in total. The monoisotopic (exact) mass is 312 g/mol. The van der Waals surface area contributed by atoms with Gasteiger partial charge in [0, 0.05) is 0 Å². The standard InChI is InChI=1S/C21H30.C2H6/c1-2-13-20-12-7-6-11(8-12)16(20)9-19-17-10-18(21(13)19)15-5-3-4-14(15)17;1-2/h6-7,11-21H,2-5,8-10H2,1H3;1-2H3. The Morgan fingerprint density at radius 1 is 0.696 bits per heavy atom. The van der Waals surface area contributed by atoms with Gasteiger partial charge in [-0.05, 0) is 97.2 Å². The van der Waals surface area contributed by atoms with E-state index in [9.17, 15) is 0 Å². The Morgan fingerprint density at radius 2 is 1.35 bits per heavy atom. The Morgan fingerprint density at radius 3 is 2.13 bits per heavy atom. The van der Waals surface area contributed by atoms with E-state index in [0.717, 1.165) is 41.4 Å². The van der Waals surface area contributed by atoms with Crippen LogP contribution >= 0.6 is 0 Å². The zero-order chi connectivity index (χ0) is 15.7. The van der Waals surface area contributed by atoms with Gasteiger partial charge in [-0.3, -0.25) is 0 Å². The van der Waals surface area contributed by atoms with E-state index in [1.807, 2.05) is 13.8 Å². The van der Waals surface area contributed by atoms with Gasteiger partial charge >= 0.3 is 0 Å². The molecule has 11 atom stereocenters. The second-order valence-electron chi connectivity index (χ2n) is 9.56. The van der Waals surface area contributed by atoms with Crippen LogP contribution in [0, 0.1) is 65.1 Å². The Bertz CT molecular complexity index is 490. The molecular weight excluding hydrogens is 276 g/mol. The Kier molecular flexibility index (Phi) is 3.51. The molecule has 6 aliphatic rings.